The summed E-state index contributed by atoms with van der Waals surface area (Å²) in [6.45, 7) is 3.14. The molecule has 0 amide bonds. The maximum atomic E-state index is 2.30. The van der Waals surface area contributed by atoms with E-state index in [0.29, 0.717) is 0 Å². The number of benzene rings is 2. The van der Waals surface area contributed by atoms with Gasteiger partial charge in [-0.1, -0.05) is 36.4 Å². The van der Waals surface area contributed by atoms with E-state index in [1.807, 2.05) is 0 Å². The van der Waals surface area contributed by atoms with Crippen molar-refractivity contribution in [1.29, 1.82) is 0 Å². The summed E-state index contributed by atoms with van der Waals surface area (Å²) in [5.74, 6) is 0. The molecule has 1 aliphatic rings. The number of hydrogen-bond donors (Lipinski definition) is 0. The Bertz CT molecular complexity index is 967. The molecule has 0 fully saturated rings. The second-order valence-electron chi connectivity index (χ2n) is 6.23. The molecule has 2 heteroatoms. The van der Waals surface area contributed by atoms with E-state index in [2.05, 4.69) is 103 Å². The first-order valence-corrected chi connectivity index (χ1v) is 8.33. The molecule has 0 saturated carbocycles. The zero-order valence-electron chi connectivity index (χ0n) is 14.1. The maximum Gasteiger partial charge on any atom is 0.220 e. The van der Waals surface area contributed by atoms with Crippen molar-refractivity contribution in [3.8, 4) is 11.3 Å². The quantitative estimate of drug-likeness (QED) is 0.631. The summed E-state index contributed by atoms with van der Waals surface area (Å²) < 4.78 is 2.22. The molecule has 0 atom stereocenters. The monoisotopic (exact) mass is 313 g/mol. The molecule has 1 aliphatic heterocycles. The SMILES string of the molecule is Cc1c(-c2c3ccccc3cc[n+]2C)cccc1N1C=CC=CC1. The molecular formula is C22H21N2+. The zero-order valence-corrected chi connectivity index (χ0v) is 14.1. The van der Waals surface area contributed by atoms with E-state index < -0.39 is 0 Å². The molecular weight excluding hydrogens is 292 g/mol. The van der Waals surface area contributed by atoms with E-state index in [-0.39, 0.29) is 0 Å². The van der Waals surface area contributed by atoms with Gasteiger partial charge in [0.25, 0.3) is 0 Å². The van der Waals surface area contributed by atoms with Gasteiger partial charge in [0.2, 0.25) is 5.69 Å². The van der Waals surface area contributed by atoms with Crippen molar-refractivity contribution in [3.63, 3.8) is 0 Å². The van der Waals surface area contributed by atoms with E-state index >= 15 is 0 Å². The third-order valence-corrected chi connectivity index (χ3v) is 4.73. The Balaban J connectivity index is 1.94. The lowest BCUT2D eigenvalue weighted by atomic mass is 9.98. The van der Waals surface area contributed by atoms with E-state index in [1.54, 1.807) is 0 Å². The molecule has 2 nitrogen and oxygen atoms in total. The molecule has 0 unspecified atom stereocenters. The van der Waals surface area contributed by atoms with Crippen LogP contribution in [0.1, 0.15) is 5.56 Å². The van der Waals surface area contributed by atoms with Crippen LogP contribution in [0.15, 0.2) is 79.2 Å². The third kappa shape index (κ3) is 2.41. The van der Waals surface area contributed by atoms with Gasteiger partial charge in [-0.05, 0) is 42.1 Å². The molecule has 1 aromatic heterocycles. The molecule has 0 saturated heterocycles. The fourth-order valence-corrected chi connectivity index (χ4v) is 3.49. The normalized spacial score (nSPS) is 13.7. The van der Waals surface area contributed by atoms with Gasteiger partial charge in [0.05, 0.1) is 10.9 Å². The molecule has 0 bridgehead atoms. The predicted octanol–water partition coefficient (Wildman–Crippen LogP) is 4.53. The van der Waals surface area contributed by atoms with Crippen LogP contribution in [0.4, 0.5) is 5.69 Å². The maximum absolute atomic E-state index is 2.30. The van der Waals surface area contributed by atoms with Crippen LogP contribution in [0.2, 0.25) is 0 Å². The van der Waals surface area contributed by atoms with Gasteiger partial charge in [0.1, 0.15) is 7.05 Å². The Hall–Kier alpha value is -2.87. The molecule has 0 radical (unpaired) electrons. The van der Waals surface area contributed by atoms with Gasteiger partial charge in [-0.2, -0.15) is 0 Å². The van der Waals surface area contributed by atoms with Gasteiger partial charge in [-0.3, -0.25) is 0 Å². The number of hydrogen-bond acceptors (Lipinski definition) is 1. The molecule has 3 aromatic rings. The molecule has 24 heavy (non-hydrogen) atoms. The van der Waals surface area contributed by atoms with Crippen LogP contribution in [-0.2, 0) is 7.05 Å². The minimum Gasteiger partial charge on any atom is -0.344 e. The third-order valence-electron chi connectivity index (χ3n) is 4.73. The number of aryl methyl sites for hydroxylation is 1. The summed E-state index contributed by atoms with van der Waals surface area (Å²) in [7, 11) is 2.12. The Kier molecular flexibility index (Phi) is 3.66. The van der Waals surface area contributed by atoms with Crippen molar-refractivity contribution >= 4 is 16.5 Å². The van der Waals surface area contributed by atoms with Gasteiger partial charge >= 0.3 is 0 Å². The largest absolute Gasteiger partial charge is 0.344 e. The first-order chi connectivity index (χ1) is 11.8. The van der Waals surface area contributed by atoms with Crippen LogP contribution in [-0.4, -0.2) is 6.54 Å². The van der Waals surface area contributed by atoms with Crippen LogP contribution in [0.3, 0.4) is 0 Å². The average Bonchev–Trinajstić information content (AvgIpc) is 2.63. The van der Waals surface area contributed by atoms with Crippen LogP contribution < -0.4 is 9.47 Å². The van der Waals surface area contributed by atoms with Gasteiger partial charge in [-0.25, -0.2) is 4.57 Å². The molecule has 0 aliphatic carbocycles. The van der Waals surface area contributed by atoms with Crippen molar-refractivity contribution in [3.05, 3.63) is 84.7 Å². The topological polar surface area (TPSA) is 7.12 Å². The van der Waals surface area contributed by atoms with Crippen LogP contribution >= 0.6 is 0 Å². The summed E-state index contributed by atoms with van der Waals surface area (Å²) in [5.41, 5.74) is 5.13. The van der Waals surface area contributed by atoms with E-state index in [9.17, 15) is 0 Å². The second kappa shape index (κ2) is 5.97. The van der Waals surface area contributed by atoms with E-state index in [1.165, 1.54) is 33.3 Å². The minimum atomic E-state index is 0.919. The van der Waals surface area contributed by atoms with Gasteiger partial charge in [0.15, 0.2) is 6.20 Å². The van der Waals surface area contributed by atoms with Crippen LogP contribution in [0.5, 0.6) is 0 Å². The number of rotatable bonds is 2. The number of nitrogens with zero attached hydrogens (tertiary/aromatic N) is 2. The average molecular weight is 313 g/mol. The summed E-state index contributed by atoms with van der Waals surface area (Å²) in [6, 6.07) is 17.4. The standard InChI is InChI=1S/C22H21N2/c1-17-19(11-8-12-21(17)24-14-6-3-7-15-24)22-20-10-5-4-9-18(20)13-16-23(22)2/h3-14,16H,15H2,1-2H3/q+1. The van der Waals surface area contributed by atoms with Crippen LogP contribution in [0.25, 0.3) is 22.0 Å². The van der Waals surface area contributed by atoms with Crippen molar-refractivity contribution in [1.82, 2.24) is 0 Å². The number of aromatic nitrogens is 1. The Labute approximate surface area is 143 Å². The van der Waals surface area contributed by atoms with Crippen molar-refractivity contribution < 1.29 is 4.57 Å². The molecule has 2 heterocycles. The Morgan fingerprint density at radius 1 is 0.958 bits per heavy atom. The van der Waals surface area contributed by atoms with Gasteiger partial charge in [-0.15, -0.1) is 0 Å². The highest BCUT2D eigenvalue weighted by Crippen LogP contribution is 2.33. The molecule has 0 N–H and O–H groups in total. The van der Waals surface area contributed by atoms with Crippen molar-refractivity contribution in [2.45, 2.75) is 6.92 Å². The molecule has 2 aromatic carbocycles. The summed E-state index contributed by atoms with van der Waals surface area (Å²) in [6.07, 6.45) is 10.7. The van der Waals surface area contributed by atoms with Crippen molar-refractivity contribution in [2.75, 3.05) is 11.4 Å². The lowest BCUT2D eigenvalue weighted by Gasteiger charge is -2.23. The summed E-state index contributed by atoms with van der Waals surface area (Å²) >= 11 is 0. The van der Waals surface area contributed by atoms with E-state index in [4.69, 9.17) is 0 Å². The smallest absolute Gasteiger partial charge is 0.220 e. The molecule has 118 valence electrons. The predicted molar refractivity (Wildman–Crippen MR) is 101 cm³/mol. The lowest BCUT2D eigenvalue weighted by Crippen LogP contribution is -2.31. The summed E-state index contributed by atoms with van der Waals surface area (Å²) in [5, 5.41) is 2.56. The number of pyridine rings is 1. The van der Waals surface area contributed by atoms with Crippen molar-refractivity contribution in [2.24, 2.45) is 7.05 Å². The van der Waals surface area contributed by atoms with Gasteiger partial charge < -0.3 is 4.90 Å². The van der Waals surface area contributed by atoms with Crippen LogP contribution in [0, 0.1) is 6.92 Å². The minimum absolute atomic E-state index is 0.919. The highest BCUT2D eigenvalue weighted by molar-refractivity contribution is 5.94. The molecule has 4 rings (SSSR count). The fraction of sp³-hybridized carbons (Fsp3) is 0.136. The first-order valence-electron chi connectivity index (χ1n) is 8.33. The highest BCUT2D eigenvalue weighted by Gasteiger charge is 2.19. The number of allylic oxidation sites excluding steroid dienone is 2. The highest BCUT2D eigenvalue weighted by atomic mass is 15.1. The lowest BCUT2D eigenvalue weighted by molar-refractivity contribution is -0.659. The number of fused-ring (bicyclic) bond motifs is 1. The number of anilines is 1. The van der Waals surface area contributed by atoms with E-state index in [0.717, 1.165) is 6.54 Å². The Morgan fingerprint density at radius 2 is 1.83 bits per heavy atom. The summed E-state index contributed by atoms with van der Waals surface area (Å²) in [4.78, 5) is 2.30. The second-order valence-corrected chi connectivity index (χ2v) is 6.23. The molecule has 0 spiro atoms. The fourth-order valence-electron chi connectivity index (χ4n) is 3.49. The zero-order chi connectivity index (χ0) is 16.5. The van der Waals surface area contributed by atoms with Gasteiger partial charge in [0, 0.05) is 24.5 Å². The Morgan fingerprint density at radius 3 is 2.67 bits per heavy atom. The first kappa shape index (κ1) is 14.7.